The normalized spacial score (nSPS) is 19.1. The van der Waals surface area contributed by atoms with Crippen LogP contribution in [0.5, 0.6) is 0 Å². The molecule has 2 heterocycles. The van der Waals surface area contributed by atoms with Gasteiger partial charge in [0, 0.05) is 12.6 Å². The average molecular weight is 280 g/mol. The quantitative estimate of drug-likeness (QED) is 0.806. The number of nitrogens with zero attached hydrogens (tertiary/aromatic N) is 2. The smallest absolute Gasteiger partial charge is 0.343 e. The summed E-state index contributed by atoms with van der Waals surface area (Å²) < 4.78 is 4.73. The molecule has 6 nitrogen and oxygen atoms in total. The van der Waals surface area contributed by atoms with Gasteiger partial charge in [-0.05, 0) is 20.0 Å². The number of anilines is 2. The van der Waals surface area contributed by atoms with Crippen molar-refractivity contribution in [3.8, 4) is 6.07 Å². The van der Waals surface area contributed by atoms with Gasteiger partial charge in [-0.25, -0.2) is 4.79 Å². The molecule has 0 spiro atoms. The molecule has 0 amide bonds. The van der Waals surface area contributed by atoms with Crippen molar-refractivity contribution in [3.05, 3.63) is 10.4 Å². The van der Waals surface area contributed by atoms with Crippen molar-refractivity contribution >= 4 is 28.0 Å². The molecule has 1 unspecified atom stereocenters. The van der Waals surface area contributed by atoms with Crippen LogP contribution in [0, 0.1) is 11.3 Å². The van der Waals surface area contributed by atoms with Crippen molar-refractivity contribution < 1.29 is 9.53 Å². The molecule has 19 heavy (non-hydrogen) atoms. The molecule has 1 aromatic heterocycles. The zero-order valence-corrected chi connectivity index (χ0v) is 11.7. The predicted molar refractivity (Wildman–Crippen MR) is 74.3 cm³/mol. The van der Waals surface area contributed by atoms with Crippen molar-refractivity contribution in [2.24, 2.45) is 0 Å². The summed E-state index contributed by atoms with van der Waals surface area (Å²) in [7, 11) is 3.35. The van der Waals surface area contributed by atoms with E-state index in [1.165, 1.54) is 18.4 Å². The second-order valence-electron chi connectivity index (χ2n) is 4.54. The molecule has 7 heteroatoms. The Labute approximate surface area is 115 Å². The van der Waals surface area contributed by atoms with E-state index in [1.807, 2.05) is 13.1 Å². The molecule has 1 fully saturated rings. The van der Waals surface area contributed by atoms with E-state index in [2.05, 4.69) is 10.2 Å². The summed E-state index contributed by atoms with van der Waals surface area (Å²) in [4.78, 5) is 14.3. The van der Waals surface area contributed by atoms with E-state index in [0.29, 0.717) is 9.88 Å². The zero-order valence-electron chi connectivity index (χ0n) is 10.9. The number of nitriles is 1. The van der Waals surface area contributed by atoms with Gasteiger partial charge in [-0.15, -0.1) is 11.3 Å². The molecule has 102 valence electrons. The fraction of sp³-hybridized carbons (Fsp3) is 0.500. The van der Waals surface area contributed by atoms with E-state index in [-0.39, 0.29) is 17.3 Å². The lowest BCUT2D eigenvalue weighted by atomic mass is 10.2. The van der Waals surface area contributed by atoms with Gasteiger partial charge in [0.15, 0.2) is 0 Å². The number of likely N-dealkylation sites (tertiary alicyclic amines) is 1. The minimum Gasteiger partial charge on any atom is -0.465 e. The van der Waals surface area contributed by atoms with E-state index in [9.17, 15) is 4.79 Å². The molecule has 1 atom stereocenters. The molecule has 3 N–H and O–H groups in total. The number of esters is 1. The van der Waals surface area contributed by atoms with E-state index < -0.39 is 5.97 Å². The van der Waals surface area contributed by atoms with Gasteiger partial charge in [-0.1, -0.05) is 0 Å². The van der Waals surface area contributed by atoms with Crippen molar-refractivity contribution in [3.63, 3.8) is 0 Å². The summed E-state index contributed by atoms with van der Waals surface area (Å²) >= 11 is 1.20. The fourth-order valence-electron chi connectivity index (χ4n) is 2.17. The Hall–Kier alpha value is -1.78. The summed E-state index contributed by atoms with van der Waals surface area (Å²) in [6, 6.07) is 2.27. The third-order valence-electron chi connectivity index (χ3n) is 3.16. The second kappa shape index (κ2) is 5.47. The number of nitrogens with one attached hydrogen (secondary N) is 1. The molecular weight excluding hydrogens is 264 g/mol. The summed E-state index contributed by atoms with van der Waals surface area (Å²) in [5.41, 5.74) is 6.31. The lowest BCUT2D eigenvalue weighted by Crippen LogP contribution is -2.24. The number of methoxy groups -OCH3 is 1. The van der Waals surface area contributed by atoms with Crippen LogP contribution in [0.1, 0.15) is 21.7 Å². The zero-order chi connectivity index (χ0) is 14.0. The van der Waals surface area contributed by atoms with Crippen molar-refractivity contribution in [2.75, 3.05) is 38.3 Å². The summed E-state index contributed by atoms with van der Waals surface area (Å²) in [6.07, 6.45) is 0.997. The van der Waals surface area contributed by atoms with E-state index in [1.54, 1.807) is 0 Å². The van der Waals surface area contributed by atoms with Gasteiger partial charge in [-0.3, -0.25) is 0 Å². The molecule has 1 aliphatic rings. The first kappa shape index (κ1) is 13.6. The third kappa shape index (κ3) is 2.64. The van der Waals surface area contributed by atoms with Crippen LogP contribution < -0.4 is 11.1 Å². The van der Waals surface area contributed by atoms with Gasteiger partial charge < -0.3 is 20.7 Å². The predicted octanol–water partition coefficient (Wildman–Crippen LogP) is 1.10. The maximum atomic E-state index is 11.8. The molecule has 0 bridgehead atoms. The Kier molecular flexibility index (Phi) is 3.93. The van der Waals surface area contributed by atoms with Crippen molar-refractivity contribution in [1.82, 2.24) is 4.90 Å². The number of carbonyl (C=O) groups excluding carboxylic acids is 1. The first-order valence-electron chi connectivity index (χ1n) is 5.92. The SMILES string of the molecule is COC(=O)c1c(NC2CCN(C)C2)sc(C#N)c1N. The van der Waals surface area contributed by atoms with Crippen LogP contribution in [-0.2, 0) is 4.74 Å². The molecule has 0 aliphatic carbocycles. The van der Waals surface area contributed by atoms with Gasteiger partial charge in [0.2, 0.25) is 0 Å². The molecule has 0 aromatic carbocycles. The molecule has 2 rings (SSSR count). The van der Waals surface area contributed by atoms with E-state index in [0.717, 1.165) is 19.5 Å². The monoisotopic (exact) mass is 280 g/mol. The number of carbonyl (C=O) groups is 1. The molecule has 1 saturated heterocycles. The molecular formula is C12H16N4O2S. The first-order chi connectivity index (χ1) is 9.06. The van der Waals surface area contributed by atoms with Gasteiger partial charge >= 0.3 is 5.97 Å². The molecule has 0 saturated carbocycles. The average Bonchev–Trinajstić information content (AvgIpc) is 2.93. The standard InChI is InChI=1S/C12H16N4O2S/c1-16-4-3-7(6-16)15-11-9(12(17)18-2)10(14)8(5-13)19-11/h7,15H,3-4,6,14H2,1-2H3. The van der Waals surface area contributed by atoms with Gasteiger partial charge in [0.1, 0.15) is 21.5 Å². The molecule has 1 aromatic rings. The van der Waals surface area contributed by atoms with Crippen LogP contribution >= 0.6 is 11.3 Å². The summed E-state index contributed by atoms with van der Waals surface area (Å²) in [5, 5.41) is 12.9. The number of thiophene rings is 1. The fourth-order valence-corrected chi connectivity index (χ4v) is 3.15. The number of ether oxygens (including phenoxy) is 1. The number of hydrogen-bond acceptors (Lipinski definition) is 7. The highest BCUT2D eigenvalue weighted by Crippen LogP contribution is 2.36. The van der Waals surface area contributed by atoms with Crippen molar-refractivity contribution in [1.29, 1.82) is 5.26 Å². The highest BCUT2D eigenvalue weighted by molar-refractivity contribution is 7.17. The Morgan fingerprint density at radius 2 is 2.42 bits per heavy atom. The van der Waals surface area contributed by atoms with Crippen molar-refractivity contribution in [2.45, 2.75) is 12.5 Å². The number of likely N-dealkylation sites (N-methyl/N-ethyl adjacent to an activating group) is 1. The van der Waals surface area contributed by atoms with Crippen LogP contribution in [0.4, 0.5) is 10.7 Å². The van der Waals surface area contributed by atoms with Crippen LogP contribution in [0.15, 0.2) is 0 Å². The number of hydrogen-bond donors (Lipinski definition) is 2. The van der Waals surface area contributed by atoms with E-state index in [4.69, 9.17) is 15.7 Å². The molecule has 1 aliphatic heterocycles. The maximum absolute atomic E-state index is 11.8. The minimum atomic E-state index is -0.510. The third-order valence-corrected chi connectivity index (χ3v) is 4.20. The Bertz CT molecular complexity index is 535. The highest BCUT2D eigenvalue weighted by Gasteiger charge is 2.26. The van der Waals surface area contributed by atoms with Crippen LogP contribution in [-0.4, -0.2) is 44.2 Å². The van der Waals surface area contributed by atoms with Crippen LogP contribution in [0.2, 0.25) is 0 Å². The largest absolute Gasteiger partial charge is 0.465 e. The van der Waals surface area contributed by atoms with Gasteiger partial charge in [0.05, 0.1) is 12.8 Å². The lowest BCUT2D eigenvalue weighted by Gasteiger charge is -2.13. The van der Waals surface area contributed by atoms with Crippen LogP contribution in [0.25, 0.3) is 0 Å². The number of rotatable bonds is 3. The topological polar surface area (TPSA) is 91.4 Å². The minimum absolute atomic E-state index is 0.202. The Morgan fingerprint density at radius 1 is 1.68 bits per heavy atom. The first-order valence-corrected chi connectivity index (χ1v) is 6.74. The van der Waals surface area contributed by atoms with Gasteiger partial charge in [-0.2, -0.15) is 5.26 Å². The summed E-state index contributed by atoms with van der Waals surface area (Å²) in [6.45, 7) is 1.91. The van der Waals surface area contributed by atoms with E-state index >= 15 is 0 Å². The second-order valence-corrected chi connectivity index (χ2v) is 5.57. The van der Waals surface area contributed by atoms with Crippen LogP contribution in [0.3, 0.4) is 0 Å². The lowest BCUT2D eigenvalue weighted by molar-refractivity contribution is 0.0603. The highest BCUT2D eigenvalue weighted by atomic mass is 32.1. The number of nitrogen functional groups attached to an aromatic ring is 1. The summed E-state index contributed by atoms with van der Waals surface area (Å²) in [5.74, 6) is -0.510. The molecule has 0 radical (unpaired) electrons. The Balaban J connectivity index is 2.29. The number of nitrogens with two attached hydrogens (primary N) is 1. The van der Waals surface area contributed by atoms with Gasteiger partial charge in [0.25, 0.3) is 0 Å². The Morgan fingerprint density at radius 3 is 2.95 bits per heavy atom. The maximum Gasteiger partial charge on any atom is 0.343 e.